The van der Waals surface area contributed by atoms with Crippen molar-refractivity contribution in [2.75, 3.05) is 20.3 Å². The molecule has 0 bridgehead atoms. The van der Waals surface area contributed by atoms with Gasteiger partial charge in [0.1, 0.15) is 0 Å². The lowest BCUT2D eigenvalue weighted by Crippen LogP contribution is -2.39. The molecule has 3 N–H and O–H groups in total. The van der Waals surface area contributed by atoms with E-state index >= 15 is 0 Å². The molecular weight excluding hydrogens is 356 g/mol. The normalized spacial score (nSPS) is 15.0. The summed E-state index contributed by atoms with van der Waals surface area (Å²) >= 11 is 0. The summed E-state index contributed by atoms with van der Waals surface area (Å²) < 4.78 is 10.6. The summed E-state index contributed by atoms with van der Waals surface area (Å²) in [6, 6.07) is 15.3. The summed E-state index contributed by atoms with van der Waals surface area (Å²) in [6.07, 6.45) is 4.48. The molecule has 0 atom stereocenters. The van der Waals surface area contributed by atoms with Crippen LogP contribution in [0.5, 0.6) is 11.5 Å². The molecule has 2 aromatic carbocycles. The molecule has 1 aliphatic carbocycles. The summed E-state index contributed by atoms with van der Waals surface area (Å²) in [5, 5.41) is 3.09. The summed E-state index contributed by atoms with van der Waals surface area (Å²) in [5.41, 5.74) is 6.85. The minimum Gasteiger partial charge on any atom is -0.493 e. The van der Waals surface area contributed by atoms with Crippen molar-refractivity contribution in [3.8, 4) is 11.5 Å². The third kappa shape index (κ3) is 4.44. The third-order valence-corrected chi connectivity index (χ3v) is 5.33. The SMILES string of the molecule is COc1cc(C(=O)NCC2(c3ccccc3)CCCC2)ccc1OCC(N)=O. The van der Waals surface area contributed by atoms with Crippen LogP contribution in [0.15, 0.2) is 48.5 Å². The Balaban J connectivity index is 1.71. The largest absolute Gasteiger partial charge is 0.493 e. The Bertz CT molecular complexity index is 830. The van der Waals surface area contributed by atoms with E-state index in [9.17, 15) is 9.59 Å². The Morgan fingerprint density at radius 2 is 1.79 bits per heavy atom. The van der Waals surface area contributed by atoms with Crippen LogP contribution in [0.2, 0.25) is 0 Å². The first-order chi connectivity index (χ1) is 13.5. The molecule has 1 aliphatic rings. The van der Waals surface area contributed by atoms with Gasteiger partial charge in [-0.05, 0) is 36.6 Å². The molecule has 0 saturated heterocycles. The van der Waals surface area contributed by atoms with E-state index in [1.54, 1.807) is 18.2 Å². The summed E-state index contributed by atoms with van der Waals surface area (Å²) in [6.45, 7) is 0.347. The number of amides is 2. The van der Waals surface area contributed by atoms with Crippen molar-refractivity contribution >= 4 is 11.8 Å². The topological polar surface area (TPSA) is 90.7 Å². The number of nitrogens with one attached hydrogen (secondary N) is 1. The van der Waals surface area contributed by atoms with Crippen molar-refractivity contribution in [2.45, 2.75) is 31.1 Å². The quantitative estimate of drug-likeness (QED) is 0.734. The van der Waals surface area contributed by atoms with Gasteiger partial charge in [-0.2, -0.15) is 0 Å². The van der Waals surface area contributed by atoms with Crippen molar-refractivity contribution in [1.29, 1.82) is 0 Å². The molecule has 0 aromatic heterocycles. The van der Waals surface area contributed by atoms with E-state index in [4.69, 9.17) is 15.2 Å². The number of ether oxygens (including phenoxy) is 2. The average Bonchev–Trinajstić information content (AvgIpc) is 3.21. The highest BCUT2D eigenvalue weighted by molar-refractivity contribution is 5.95. The summed E-state index contributed by atoms with van der Waals surface area (Å²) in [4.78, 5) is 23.6. The van der Waals surface area contributed by atoms with Crippen LogP contribution in [0.4, 0.5) is 0 Å². The number of methoxy groups -OCH3 is 1. The van der Waals surface area contributed by atoms with Crippen molar-refractivity contribution < 1.29 is 19.1 Å². The molecule has 1 saturated carbocycles. The number of carbonyl (C=O) groups is 2. The van der Waals surface area contributed by atoms with Crippen LogP contribution in [0.3, 0.4) is 0 Å². The lowest BCUT2D eigenvalue weighted by Gasteiger charge is -2.30. The van der Waals surface area contributed by atoms with E-state index in [2.05, 4.69) is 17.4 Å². The first kappa shape index (κ1) is 19.7. The van der Waals surface area contributed by atoms with E-state index < -0.39 is 5.91 Å². The molecular formula is C22H26N2O4. The second-order valence-electron chi connectivity index (χ2n) is 7.16. The first-order valence-corrected chi connectivity index (χ1v) is 9.47. The molecule has 6 heteroatoms. The Labute approximate surface area is 165 Å². The van der Waals surface area contributed by atoms with Gasteiger partial charge in [0.05, 0.1) is 7.11 Å². The van der Waals surface area contributed by atoms with E-state index in [1.165, 1.54) is 25.5 Å². The van der Waals surface area contributed by atoms with Crippen LogP contribution >= 0.6 is 0 Å². The van der Waals surface area contributed by atoms with Gasteiger partial charge in [0.2, 0.25) is 0 Å². The molecule has 0 unspecified atom stereocenters. The molecule has 0 heterocycles. The highest BCUT2D eigenvalue weighted by Gasteiger charge is 2.35. The molecule has 6 nitrogen and oxygen atoms in total. The first-order valence-electron chi connectivity index (χ1n) is 9.47. The smallest absolute Gasteiger partial charge is 0.255 e. The van der Waals surface area contributed by atoms with Gasteiger partial charge < -0.3 is 20.5 Å². The number of carbonyl (C=O) groups excluding carboxylic acids is 2. The van der Waals surface area contributed by atoms with Gasteiger partial charge >= 0.3 is 0 Å². The van der Waals surface area contributed by atoms with Gasteiger partial charge in [-0.3, -0.25) is 9.59 Å². The molecule has 2 aromatic rings. The predicted molar refractivity (Wildman–Crippen MR) is 107 cm³/mol. The van der Waals surface area contributed by atoms with Crippen molar-refractivity contribution in [2.24, 2.45) is 5.73 Å². The fourth-order valence-electron chi connectivity index (χ4n) is 3.84. The Morgan fingerprint density at radius 1 is 1.07 bits per heavy atom. The highest BCUT2D eigenvalue weighted by atomic mass is 16.5. The summed E-state index contributed by atoms with van der Waals surface area (Å²) in [7, 11) is 1.48. The minimum absolute atomic E-state index is 0.00839. The van der Waals surface area contributed by atoms with Gasteiger partial charge in [-0.1, -0.05) is 43.2 Å². The van der Waals surface area contributed by atoms with Gasteiger partial charge in [0.15, 0.2) is 18.1 Å². The van der Waals surface area contributed by atoms with Gasteiger partial charge in [-0.25, -0.2) is 0 Å². The van der Waals surface area contributed by atoms with E-state index in [-0.39, 0.29) is 17.9 Å². The predicted octanol–water partition coefficient (Wildman–Crippen LogP) is 2.80. The molecule has 148 valence electrons. The second kappa shape index (κ2) is 8.78. The number of hydrogen-bond acceptors (Lipinski definition) is 4. The van der Waals surface area contributed by atoms with E-state index in [1.807, 2.05) is 18.2 Å². The van der Waals surface area contributed by atoms with Gasteiger partial charge in [0, 0.05) is 17.5 Å². The number of hydrogen-bond donors (Lipinski definition) is 2. The average molecular weight is 382 g/mol. The lowest BCUT2D eigenvalue weighted by atomic mass is 9.79. The fourth-order valence-corrected chi connectivity index (χ4v) is 3.84. The molecule has 28 heavy (non-hydrogen) atoms. The van der Waals surface area contributed by atoms with Crippen LogP contribution in [-0.2, 0) is 10.2 Å². The molecule has 2 amide bonds. The fraction of sp³-hybridized carbons (Fsp3) is 0.364. The molecule has 1 fully saturated rings. The molecule has 0 radical (unpaired) electrons. The molecule has 3 rings (SSSR count). The zero-order valence-electron chi connectivity index (χ0n) is 16.1. The number of benzene rings is 2. The minimum atomic E-state index is -0.577. The maximum Gasteiger partial charge on any atom is 0.255 e. The van der Waals surface area contributed by atoms with E-state index in [0.717, 1.165) is 12.8 Å². The standard InChI is InChI=1S/C22H26N2O4/c1-27-19-13-16(9-10-18(19)28-14-20(23)25)21(26)24-15-22(11-5-6-12-22)17-7-3-2-4-8-17/h2-4,7-10,13H,5-6,11-12,14-15H2,1H3,(H2,23,25)(H,24,26). The van der Waals surface area contributed by atoms with Gasteiger partial charge in [-0.15, -0.1) is 0 Å². The maximum absolute atomic E-state index is 12.7. The zero-order chi connectivity index (χ0) is 20.0. The number of nitrogens with two attached hydrogens (primary N) is 1. The van der Waals surface area contributed by atoms with E-state index in [0.29, 0.717) is 23.6 Å². The van der Waals surface area contributed by atoms with Crippen LogP contribution in [0, 0.1) is 0 Å². The molecule has 0 aliphatic heterocycles. The van der Waals surface area contributed by atoms with Crippen LogP contribution < -0.4 is 20.5 Å². The Morgan fingerprint density at radius 3 is 2.43 bits per heavy atom. The zero-order valence-corrected chi connectivity index (χ0v) is 16.1. The van der Waals surface area contributed by atoms with Crippen LogP contribution in [-0.4, -0.2) is 32.1 Å². The number of rotatable bonds is 8. The van der Waals surface area contributed by atoms with Crippen molar-refractivity contribution in [1.82, 2.24) is 5.32 Å². The second-order valence-corrected chi connectivity index (χ2v) is 7.16. The third-order valence-electron chi connectivity index (χ3n) is 5.33. The van der Waals surface area contributed by atoms with Crippen molar-refractivity contribution in [3.63, 3.8) is 0 Å². The highest BCUT2D eigenvalue weighted by Crippen LogP contribution is 2.40. The monoisotopic (exact) mass is 382 g/mol. The lowest BCUT2D eigenvalue weighted by molar-refractivity contribution is -0.119. The maximum atomic E-state index is 12.7. The van der Waals surface area contributed by atoms with Gasteiger partial charge in [0.25, 0.3) is 11.8 Å². The molecule has 0 spiro atoms. The van der Waals surface area contributed by atoms with Crippen LogP contribution in [0.1, 0.15) is 41.6 Å². The van der Waals surface area contributed by atoms with Crippen LogP contribution in [0.25, 0.3) is 0 Å². The van der Waals surface area contributed by atoms with Crippen molar-refractivity contribution in [3.05, 3.63) is 59.7 Å². The number of primary amides is 1. The summed E-state index contributed by atoms with van der Waals surface area (Å²) in [5.74, 6) is 0.00976. The Hall–Kier alpha value is -3.02. The Kier molecular flexibility index (Phi) is 6.19.